The molecule has 3 aliphatic rings. The molecule has 1 saturated carbocycles. The van der Waals surface area contributed by atoms with Crippen LogP contribution in [0.4, 0.5) is 0 Å². The van der Waals surface area contributed by atoms with Crippen LogP contribution in [0.5, 0.6) is 5.75 Å². The van der Waals surface area contributed by atoms with Crippen molar-refractivity contribution in [1.82, 2.24) is 5.32 Å². The van der Waals surface area contributed by atoms with Crippen molar-refractivity contribution < 1.29 is 23.8 Å². The predicted octanol–water partition coefficient (Wildman–Crippen LogP) is 5.44. The van der Waals surface area contributed by atoms with Crippen LogP contribution in [0, 0.1) is 11.8 Å². The standard InChI is InChI=1S/C29H39NO5/c1-19-26(29(32)35-16-15-33-2)27(20-11-7-5-4-6-8-12-20)28-23(30-19)17-21(18-24(28)31)22-13-9-10-14-25(22)34-3/h9-10,13-14,20-21,27,30H,4-8,11-12,15-18H2,1-3H3. The Morgan fingerprint density at radius 2 is 1.71 bits per heavy atom. The second-order valence-corrected chi connectivity index (χ2v) is 10.0. The van der Waals surface area contributed by atoms with Crippen molar-refractivity contribution in [3.8, 4) is 5.75 Å². The number of nitrogens with one attached hydrogen (secondary N) is 1. The fourth-order valence-corrected chi connectivity index (χ4v) is 6.17. The van der Waals surface area contributed by atoms with Crippen molar-refractivity contribution in [1.29, 1.82) is 0 Å². The third-order valence-electron chi connectivity index (χ3n) is 7.81. The highest BCUT2D eigenvalue weighted by Gasteiger charge is 2.44. The smallest absolute Gasteiger partial charge is 0.336 e. The normalized spacial score (nSPS) is 23.8. The van der Waals surface area contributed by atoms with E-state index in [-0.39, 0.29) is 36.1 Å². The summed E-state index contributed by atoms with van der Waals surface area (Å²) in [5.74, 6) is 0.739. The quantitative estimate of drug-likeness (QED) is 0.413. The number of ketones is 1. The first-order valence-electron chi connectivity index (χ1n) is 13.1. The number of carbonyl (C=O) groups excluding carboxylic acids is 2. The van der Waals surface area contributed by atoms with E-state index in [1.54, 1.807) is 14.2 Å². The number of hydrogen-bond donors (Lipinski definition) is 1. The number of para-hydroxylation sites is 1. The van der Waals surface area contributed by atoms with Gasteiger partial charge in [0.15, 0.2) is 5.78 Å². The molecule has 0 bridgehead atoms. The Morgan fingerprint density at radius 1 is 1.00 bits per heavy atom. The lowest BCUT2D eigenvalue weighted by atomic mass is 9.67. The minimum Gasteiger partial charge on any atom is -0.496 e. The van der Waals surface area contributed by atoms with Gasteiger partial charge in [-0.15, -0.1) is 0 Å². The molecule has 2 aliphatic carbocycles. The highest BCUT2D eigenvalue weighted by atomic mass is 16.6. The van der Waals surface area contributed by atoms with Crippen molar-refractivity contribution in [3.05, 3.63) is 52.4 Å². The summed E-state index contributed by atoms with van der Waals surface area (Å²) in [4.78, 5) is 27.1. The van der Waals surface area contributed by atoms with Crippen LogP contribution in [-0.2, 0) is 19.1 Å². The molecule has 4 rings (SSSR count). The second kappa shape index (κ2) is 11.9. The van der Waals surface area contributed by atoms with E-state index >= 15 is 0 Å². The van der Waals surface area contributed by atoms with Gasteiger partial charge >= 0.3 is 5.97 Å². The molecule has 0 saturated heterocycles. The third kappa shape index (κ3) is 5.64. The molecule has 1 fully saturated rings. The Kier molecular flexibility index (Phi) is 8.66. The average molecular weight is 482 g/mol. The predicted molar refractivity (Wildman–Crippen MR) is 135 cm³/mol. The van der Waals surface area contributed by atoms with E-state index in [2.05, 4.69) is 11.4 Å². The van der Waals surface area contributed by atoms with Gasteiger partial charge in [-0.1, -0.05) is 50.3 Å². The average Bonchev–Trinajstić information content (AvgIpc) is 2.83. The van der Waals surface area contributed by atoms with E-state index < -0.39 is 0 Å². The molecule has 2 unspecified atom stereocenters. The van der Waals surface area contributed by atoms with E-state index in [4.69, 9.17) is 14.2 Å². The van der Waals surface area contributed by atoms with Crippen LogP contribution in [0.3, 0.4) is 0 Å². The highest BCUT2D eigenvalue weighted by Crippen LogP contribution is 2.47. The van der Waals surface area contributed by atoms with Crippen molar-refractivity contribution in [2.75, 3.05) is 27.4 Å². The number of ether oxygens (including phenoxy) is 3. The molecule has 1 N–H and O–H groups in total. The van der Waals surface area contributed by atoms with Gasteiger partial charge < -0.3 is 19.5 Å². The lowest BCUT2D eigenvalue weighted by Gasteiger charge is -2.40. The van der Waals surface area contributed by atoms with Crippen molar-refractivity contribution in [2.24, 2.45) is 11.8 Å². The van der Waals surface area contributed by atoms with E-state index in [1.807, 2.05) is 25.1 Å². The maximum atomic E-state index is 13.8. The molecule has 1 aromatic rings. The number of dihydropyridines is 1. The molecule has 0 radical (unpaired) electrons. The van der Waals surface area contributed by atoms with Crippen LogP contribution in [0.1, 0.15) is 76.2 Å². The molecule has 0 amide bonds. The number of allylic oxidation sites excluding steroid dienone is 3. The Labute approximate surface area is 209 Å². The van der Waals surface area contributed by atoms with Gasteiger partial charge in [0.1, 0.15) is 12.4 Å². The SMILES string of the molecule is COCCOC(=O)C1=C(C)NC2=C(C(=O)CC(c3ccccc3OC)C2)C1C1CCCCCCC1. The summed E-state index contributed by atoms with van der Waals surface area (Å²) in [6, 6.07) is 7.96. The summed E-state index contributed by atoms with van der Waals surface area (Å²) < 4.78 is 16.3. The Morgan fingerprint density at radius 3 is 2.43 bits per heavy atom. The van der Waals surface area contributed by atoms with Gasteiger partial charge in [0.05, 0.1) is 19.3 Å². The molecule has 1 aromatic carbocycles. The van der Waals surface area contributed by atoms with Crippen LogP contribution < -0.4 is 10.1 Å². The van der Waals surface area contributed by atoms with E-state index in [1.165, 1.54) is 19.3 Å². The molecule has 0 aromatic heterocycles. The van der Waals surface area contributed by atoms with Gasteiger partial charge in [0.25, 0.3) is 0 Å². The minimum atomic E-state index is -0.328. The summed E-state index contributed by atoms with van der Waals surface area (Å²) in [5, 5.41) is 3.47. The van der Waals surface area contributed by atoms with E-state index in [0.29, 0.717) is 18.6 Å². The summed E-state index contributed by atoms with van der Waals surface area (Å²) >= 11 is 0. The zero-order valence-electron chi connectivity index (χ0n) is 21.4. The van der Waals surface area contributed by atoms with Crippen molar-refractivity contribution in [2.45, 2.75) is 70.6 Å². The highest BCUT2D eigenvalue weighted by molar-refractivity contribution is 6.02. The molecule has 2 atom stereocenters. The zero-order chi connectivity index (χ0) is 24.8. The van der Waals surface area contributed by atoms with Gasteiger partial charge in [-0.3, -0.25) is 4.79 Å². The fraction of sp³-hybridized carbons (Fsp3) is 0.586. The van der Waals surface area contributed by atoms with Crippen LogP contribution in [0.15, 0.2) is 46.8 Å². The number of carbonyl (C=O) groups is 2. The third-order valence-corrected chi connectivity index (χ3v) is 7.81. The van der Waals surface area contributed by atoms with Crippen LogP contribution in [-0.4, -0.2) is 39.2 Å². The summed E-state index contributed by atoms with van der Waals surface area (Å²) in [6.07, 6.45) is 9.21. The first-order valence-corrected chi connectivity index (χ1v) is 13.1. The van der Waals surface area contributed by atoms with E-state index in [9.17, 15) is 9.59 Å². The zero-order valence-corrected chi connectivity index (χ0v) is 21.4. The van der Waals surface area contributed by atoms with Gasteiger partial charge in [-0.25, -0.2) is 4.79 Å². The maximum Gasteiger partial charge on any atom is 0.336 e. The monoisotopic (exact) mass is 481 g/mol. The largest absolute Gasteiger partial charge is 0.496 e. The second-order valence-electron chi connectivity index (χ2n) is 10.0. The van der Waals surface area contributed by atoms with Gasteiger partial charge in [-0.05, 0) is 43.7 Å². The van der Waals surface area contributed by atoms with Crippen molar-refractivity contribution >= 4 is 11.8 Å². The molecular weight excluding hydrogens is 442 g/mol. The van der Waals surface area contributed by atoms with Crippen LogP contribution in [0.25, 0.3) is 0 Å². The number of Topliss-reactive ketones (excluding diaryl/α,β-unsaturated/α-hetero) is 1. The Balaban J connectivity index is 1.70. The molecule has 1 aliphatic heterocycles. The molecule has 35 heavy (non-hydrogen) atoms. The number of rotatable bonds is 7. The lowest BCUT2D eigenvalue weighted by molar-refractivity contribution is -0.141. The summed E-state index contributed by atoms with van der Waals surface area (Å²) in [5.41, 5.74) is 4.29. The van der Waals surface area contributed by atoms with Gasteiger partial charge in [0.2, 0.25) is 0 Å². The Hall–Kier alpha value is -2.60. The fourth-order valence-electron chi connectivity index (χ4n) is 6.17. The maximum absolute atomic E-state index is 13.8. The molecule has 6 nitrogen and oxygen atoms in total. The number of methoxy groups -OCH3 is 2. The van der Waals surface area contributed by atoms with Crippen LogP contribution >= 0.6 is 0 Å². The topological polar surface area (TPSA) is 73.9 Å². The first-order chi connectivity index (χ1) is 17.0. The molecule has 0 spiro atoms. The minimum absolute atomic E-state index is 0.0471. The van der Waals surface area contributed by atoms with Crippen LogP contribution in [0.2, 0.25) is 0 Å². The molecule has 6 heteroatoms. The van der Waals surface area contributed by atoms with E-state index in [0.717, 1.165) is 60.4 Å². The molecular formula is C29H39NO5. The number of esters is 1. The van der Waals surface area contributed by atoms with Crippen molar-refractivity contribution in [3.63, 3.8) is 0 Å². The number of hydrogen-bond acceptors (Lipinski definition) is 6. The van der Waals surface area contributed by atoms with Gasteiger partial charge in [-0.2, -0.15) is 0 Å². The molecule has 190 valence electrons. The Bertz CT molecular complexity index is 987. The number of benzene rings is 1. The molecule has 1 heterocycles. The lowest BCUT2D eigenvalue weighted by Crippen LogP contribution is -2.40. The summed E-state index contributed by atoms with van der Waals surface area (Å²) in [6.45, 7) is 2.51. The first kappa shape index (κ1) is 25.5. The summed E-state index contributed by atoms with van der Waals surface area (Å²) in [7, 11) is 3.26. The van der Waals surface area contributed by atoms with Gasteiger partial charge in [0, 0.05) is 42.3 Å².